The summed E-state index contributed by atoms with van der Waals surface area (Å²) in [5.41, 5.74) is 2.01. The molecule has 4 aromatic rings. The van der Waals surface area contributed by atoms with Gasteiger partial charge in [0.2, 0.25) is 11.8 Å². The number of nitrogens with zero attached hydrogens (tertiary/aromatic N) is 3. The summed E-state index contributed by atoms with van der Waals surface area (Å²) < 4.78 is 7.62. The molecule has 0 saturated carbocycles. The summed E-state index contributed by atoms with van der Waals surface area (Å²) >= 11 is 7.30. The molecule has 2 heterocycles. The summed E-state index contributed by atoms with van der Waals surface area (Å²) in [6, 6.07) is 14.1. The number of fused-ring (bicyclic) bond motifs is 1. The summed E-state index contributed by atoms with van der Waals surface area (Å²) in [6.07, 6.45) is 0. The van der Waals surface area contributed by atoms with Crippen molar-refractivity contribution in [1.82, 2.24) is 14.8 Å². The second kappa shape index (κ2) is 8.83. The summed E-state index contributed by atoms with van der Waals surface area (Å²) in [4.78, 5) is 23.4. The predicted molar refractivity (Wildman–Crippen MR) is 121 cm³/mol. The van der Waals surface area contributed by atoms with Gasteiger partial charge in [0.05, 0.1) is 5.75 Å². The number of benzene rings is 2. The first-order valence-corrected chi connectivity index (χ1v) is 10.6. The summed E-state index contributed by atoms with van der Waals surface area (Å²) in [5, 5.41) is 16.0. The van der Waals surface area contributed by atoms with Crippen molar-refractivity contribution in [3.63, 3.8) is 0 Å². The normalized spacial score (nSPS) is 10.9. The second-order valence-electron chi connectivity index (χ2n) is 6.75. The lowest BCUT2D eigenvalue weighted by Crippen LogP contribution is -2.14. The number of rotatable bonds is 6. The van der Waals surface area contributed by atoms with Crippen LogP contribution in [0, 0.1) is 0 Å². The van der Waals surface area contributed by atoms with E-state index in [1.54, 1.807) is 41.0 Å². The molecular formula is C21H18ClN5O3S. The van der Waals surface area contributed by atoms with Gasteiger partial charge < -0.3 is 19.6 Å². The van der Waals surface area contributed by atoms with Crippen LogP contribution in [0.1, 0.15) is 6.92 Å². The Morgan fingerprint density at radius 1 is 1.06 bits per heavy atom. The van der Waals surface area contributed by atoms with Crippen LogP contribution in [0.2, 0.25) is 5.02 Å². The molecule has 0 aliphatic heterocycles. The minimum atomic E-state index is -0.180. The Bertz CT molecular complexity index is 1270. The summed E-state index contributed by atoms with van der Waals surface area (Å²) in [5.74, 6) is 0.962. The molecule has 31 heavy (non-hydrogen) atoms. The molecule has 0 fully saturated rings. The highest BCUT2D eigenvalue weighted by molar-refractivity contribution is 7.99. The molecule has 0 saturated heterocycles. The number of carbonyl (C=O) groups is 2. The van der Waals surface area contributed by atoms with Crippen LogP contribution >= 0.6 is 23.4 Å². The smallest absolute Gasteiger partial charge is 0.234 e. The van der Waals surface area contributed by atoms with Gasteiger partial charge in [-0.1, -0.05) is 23.4 Å². The standard InChI is InChI=1S/C21H18ClN5O3S/c1-12(28)23-15-4-6-16(7-5-15)24-19(29)11-31-21-26-25-20(27(21)2)18-10-13-9-14(22)3-8-17(13)30-18/h3-10H,11H2,1-2H3,(H,23,28)(H,24,29). The van der Waals surface area contributed by atoms with Crippen LogP contribution < -0.4 is 10.6 Å². The molecule has 0 spiro atoms. The maximum absolute atomic E-state index is 12.3. The first-order chi connectivity index (χ1) is 14.9. The number of furan rings is 1. The fourth-order valence-electron chi connectivity index (χ4n) is 2.95. The number of anilines is 2. The molecule has 158 valence electrons. The second-order valence-corrected chi connectivity index (χ2v) is 8.13. The van der Waals surface area contributed by atoms with E-state index in [0.717, 1.165) is 5.39 Å². The van der Waals surface area contributed by atoms with Gasteiger partial charge in [-0.15, -0.1) is 10.2 Å². The van der Waals surface area contributed by atoms with Crippen LogP contribution in [0.25, 0.3) is 22.6 Å². The molecule has 0 radical (unpaired) electrons. The number of amides is 2. The lowest BCUT2D eigenvalue weighted by molar-refractivity contribution is -0.114. The highest BCUT2D eigenvalue weighted by Crippen LogP contribution is 2.30. The van der Waals surface area contributed by atoms with Crippen LogP contribution in [-0.4, -0.2) is 32.3 Å². The van der Waals surface area contributed by atoms with Crippen LogP contribution in [0.3, 0.4) is 0 Å². The number of carbonyl (C=O) groups excluding carboxylic acids is 2. The average Bonchev–Trinajstić information content (AvgIpc) is 3.30. The number of thioether (sulfide) groups is 1. The van der Waals surface area contributed by atoms with E-state index in [1.165, 1.54) is 18.7 Å². The fourth-order valence-corrected chi connectivity index (χ4v) is 3.84. The van der Waals surface area contributed by atoms with E-state index in [-0.39, 0.29) is 17.6 Å². The first-order valence-electron chi connectivity index (χ1n) is 9.28. The number of hydrogen-bond acceptors (Lipinski definition) is 6. The van der Waals surface area contributed by atoms with Gasteiger partial charge >= 0.3 is 0 Å². The van der Waals surface area contributed by atoms with Crippen molar-refractivity contribution in [3.8, 4) is 11.6 Å². The molecule has 8 nitrogen and oxygen atoms in total. The van der Waals surface area contributed by atoms with Gasteiger partial charge in [0.25, 0.3) is 0 Å². The molecule has 0 aliphatic rings. The van der Waals surface area contributed by atoms with Gasteiger partial charge in [-0.2, -0.15) is 0 Å². The quantitative estimate of drug-likeness (QED) is 0.413. The van der Waals surface area contributed by atoms with Crippen LogP contribution in [0.15, 0.2) is 58.1 Å². The van der Waals surface area contributed by atoms with Gasteiger partial charge in [0, 0.05) is 35.8 Å². The zero-order valence-electron chi connectivity index (χ0n) is 16.7. The van der Waals surface area contributed by atoms with Gasteiger partial charge in [0.15, 0.2) is 16.7 Å². The van der Waals surface area contributed by atoms with Crippen molar-refractivity contribution in [2.24, 2.45) is 7.05 Å². The maximum atomic E-state index is 12.3. The van der Waals surface area contributed by atoms with Crippen molar-refractivity contribution in [2.45, 2.75) is 12.1 Å². The van der Waals surface area contributed by atoms with E-state index in [0.29, 0.717) is 38.7 Å². The van der Waals surface area contributed by atoms with Crippen molar-refractivity contribution >= 4 is 57.5 Å². The summed E-state index contributed by atoms with van der Waals surface area (Å²) in [6.45, 7) is 1.44. The molecule has 2 amide bonds. The van der Waals surface area contributed by atoms with Gasteiger partial charge in [-0.25, -0.2) is 0 Å². The van der Waals surface area contributed by atoms with E-state index in [2.05, 4.69) is 20.8 Å². The summed E-state index contributed by atoms with van der Waals surface area (Å²) in [7, 11) is 1.82. The Hall–Kier alpha value is -3.30. The van der Waals surface area contributed by atoms with E-state index in [4.69, 9.17) is 16.0 Å². The van der Waals surface area contributed by atoms with Gasteiger partial charge in [0.1, 0.15) is 5.58 Å². The fraction of sp³-hybridized carbons (Fsp3) is 0.143. The van der Waals surface area contributed by atoms with Crippen molar-refractivity contribution in [2.75, 3.05) is 16.4 Å². The van der Waals surface area contributed by atoms with E-state index < -0.39 is 0 Å². The minimum Gasteiger partial charge on any atom is -0.453 e. The van der Waals surface area contributed by atoms with E-state index >= 15 is 0 Å². The molecule has 0 unspecified atom stereocenters. The van der Waals surface area contributed by atoms with Gasteiger partial charge in [-0.3, -0.25) is 9.59 Å². The Labute approximate surface area is 187 Å². The highest BCUT2D eigenvalue weighted by Gasteiger charge is 2.16. The Kier molecular flexibility index (Phi) is 5.97. The SMILES string of the molecule is CC(=O)Nc1ccc(NC(=O)CSc2nnc(-c3cc4cc(Cl)ccc4o3)n2C)cc1. The molecular weight excluding hydrogens is 438 g/mol. The lowest BCUT2D eigenvalue weighted by atomic mass is 10.2. The number of aromatic nitrogens is 3. The first kappa shape index (κ1) is 21.0. The van der Waals surface area contributed by atoms with Crippen LogP contribution in [0.4, 0.5) is 11.4 Å². The molecule has 0 atom stereocenters. The predicted octanol–water partition coefficient (Wildman–Crippen LogP) is 4.57. The third-order valence-corrected chi connectivity index (χ3v) is 5.61. The van der Waals surface area contributed by atoms with E-state index in [1.807, 2.05) is 19.2 Å². The van der Waals surface area contributed by atoms with Crippen LogP contribution in [0.5, 0.6) is 0 Å². The average molecular weight is 456 g/mol. The lowest BCUT2D eigenvalue weighted by Gasteiger charge is -2.07. The Morgan fingerprint density at radius 2 is 1.77 bits per heavy atom. The number of halogens is 1. The molecule has 0 aliphatic carbocycles. The number of nitrogens with one attached hydrogen (secondary N) is 2. The third-order valence-electron chi connectivity index (χ3n) is 4.36. The number of hydrogen-bond donors (Lipinski definition) is 2. The molecule has 0 bridgehead atoms. The zero-order valence-corrected chi connectivity index (χ0v) is 18.3. The zero-order chi connectivity index (χ0) is 22.0. The van der Waals surface area contributed by atoms with Crippen molar-refractivity contribution in [1.29, 1.82) is 0 Å². The van der Waals surface area contributed by atoms with Crippen molar-refractivity contribution < 1.29 is 14.0 Å². The largest absolute Gasteiger partial charge is 0.453 e. The molecule has 2 aromatic heterocycles. The maximum Gasteiger partial charge on any atom is 0.234 e. The monoisotopic (exact) mass is 455 g/mol. The molecule has 4 rings (SSSR count). The Balaban J connectivity index is 1.39. The third kappa shape index (κ3) is 4.89. The molecule has 2 N–H and O–H groups in total. The highest BCUT2D eigenvalue weighted by atomic mass is 35.5. The van der Waals surface area contributed by atoms with E-state index in [9.17, 15) is 9.59 Å². The Morgan fingerprint density at radius 3 is 2.48 bits per heavy atom. The topological polar surface area (TPSA) is 102 Å². The van der Waals surface area contributed by atoms with Crippen molar-refractivity contribution in [3.05, 3.63) is 53.6 Å². The van der Waals surface area contributed by atoms with Gasteiger partial charge in [-0.05, 0) is 48.5 Å². The molecule has 2 aromatic carbocycles. The van der Waals surface area contributed by atoms with Crippen LogP contribution in [-0.2, 0) is 16.6 Å². The molecule has 10 heteroatoms. The minimum absolute atomic E-state index is 0.150.